The van der Waals surface area contributed by atoms with Crippen LogP contribution in [0.1, 0.15) is 33.1 Å². The van der Waals surface area contributed by atoms with E-state index in [4.69, 9.17) is 5.11 Å². The molecule has 1 N–H and O–H groups in total. The molecule has 0 aromatic carbocycles. The van der Waals surface area contributed by atoms with Crippen molar-refractivity contribution in [3.8, 4) is 0 Å². The fourth-order valence-corrected chi connectivity index (χ4v) is 1.52. The molecule has 1 aliphatic rings. The van der Waals surface area contributed by atoms with E-state index in [9.17, 15) is 4.79 Å². The lowest BCUT2D eigenvalue weighted by Gasteiger charge is -2.25. The maximum atomic E-state index is 10.6. The zero-order valence-corrected chi connectivity index (χ0v) is 7.05. The summed E-state index contributed by atoms with van der Waals surface area (Å²) in [4.78, 5) is 10.6. The zero-order chi connectivity index (χ0) is 8.48. The monoisotopic (exact) mass is 154 g/mol. The molecular formula is C9H14O2. The van der Waals surface area contributed by atoms with Crippen LogP contribution in [0, 0.1) is 5.41 Å². The van der Waals surface area contributed by atoms with Gasteiger partial charge in [0.25, 0.3) is 0 Å². The molecule has 0 aromatic heterocycles. The second-order valence-electron chi connectivity index (χ2n) is 3.82. The van der Waals surface area contributed by atoms with Crippen molar-refractivity contribution in [2.75, 3.05) is 0 Å². The summed E-state index contributed by atoms with van der Waals surface area (Å²) in [6.45, 7) is 4.16. The lowest BCUT2D eigenvalue weighted by Crippen LogP contribution is -2.16. The first-order valence-corrected chi connectivity index (χ1v) is 3.96. The largest absolute Gasteiger partial charge is 0.478 e. The molecule has 0 amide bonds. The van der Waals surface area contributed by atoms with Crippen LogP contribution in [0.5, 0.6) is 0 Å². The van der Waals surface area contributed by atoms with Crippen molar-refractivity contribution in [1.29, 1.82) is 0 Å². The minimum Gasteiger partial charge on any atom is -0.478 e. The summed E-state index contributed by atoms with van der Waals surface area (Å²) < 4.78 is 0. The molecule has 1 rings (SSSR count). The molecule has 0 unspecified atom stereocenters. The second-order valence-corrected chi connectivity index (χ2v) is 3.82. The third-order valence-electron chi connectivity index (χ3n) is 2.11. The SMILES string of the molecule is CC1(C)C=C(C(=O)O)CCC1. The van der Waals surface area contributed by atoms with Crippen molar-refractivity contribution >= 4 is 5.97 Å². The van der Waals surface area contributed by atoms with E-state index in [-0.39, 0.29) is 5.41 Å². The summed E-state index contributed by atoms with van der Waals surface area (Å²) in [6.07, 6.45) is 4.73. The van der Waals surface area contributed by atoms with Gasteiger partial charge in [0, 0.05) is 5.57 Å². The lowest BCUT2D eigenvalue weighted by molar-refractivity contribution is -0.133. The van der Waals surface area contributed by atoms with E-state index in [1.165, 1.54) is 0 Å². The number of aliphatic carboxylic acids is 1. The first-order chi connectivity index (χ1) is 5.01. The van der Waals surface area contributed by atoms with Gasteiger partial charge in [0.2, 0.25) is 0 Å². The Balaban J connectivity index is 2.81. The number of carboxylic acid groups (broad SMARTS) is 1. The van der Waals surface area contributed by atoms with E-state index in [1.54, 1.807) is 0 Å². The zero-order valence-electron chi connectivity index (χ0n) is 7.05. The van der Waals surface area contributed by atoms with Gasteiger partial charge in [0.15, 0.2) is 0 Å². The highest BCUT2D eigenvalue weighted by Crippen LogP contribution is 2.32. The maximum absolute atomic E-state index is 10.6. The van der Waals surface area contributed by atoms with Crippen molar-refractivity contribution in [2.45, 2.75) is 33.1 Å². The Morgan fingerprint density at radius 1 is 1.64 bits per heavy atom. The van der Waals surface area contributed by atoms with Gasteiger partial charge in [-0.2, -0.15) is 0 Å². The Morgan fingerprint density at radius 2 is 2.27 bits per heavy atom. The van der Waals surface area contributed by atoms with Crippen molar-refractivity contribution < 1.29 is 9.90 Å². The molecule has 0 radical (unpaired) electrons. The Kier molecular flexibility index (Phi) is 2.03. The molecule has 0 heterocycles. The maximum Gasteiger partial charge on any atom is 0.331 e. The summed E-state index contributed by atoms with van der Waals surface area (Å²) >= 11 is 0. The van der Waals surface area contributed by atoms with Crippen LogP contribution in [0.25, 0.3) is 0 Å². The molecule has 0 spiro atoms. The van der Waals surface area contributed by atoms with Gasteiger partial charge in [-0.05, 0) is 24.7 Å². The van der Waals surface area contributed by atoms with Crippen LogP contribution >= 0.6 is 0 Å². The summed E-state index contributed by atoms with van der Waals surface area (Å²) in [5.74, 6) is -0.752. The van der Waals surface area contributed by atoms with Gasteiger partial charge in [-0.3, -0.25) is 0 Å². The van der Waals surface area contributed by atoms with Gasteiger partial charge in [0.05, 0.1) is 0 Å². The predicted molar refractivity (Wildman–Crippen MR) is 43.4 cm³/mol. The van der Waals surface area contributed by atoms with E-state index in [0.717, 1.165) is 19.3 Å². The van der Waals surface area contributed by atoms with Crippen LogP contribution in [0.2, 0.25) is 0 Å². The summed E-state index contributed by atoms with van der Waals surface area (Å²) in [5.41, 5.74) is 0.674. The molecule has 0 saturated heterocycles. The van der Waals surface area contributed by atoms with Crippen molar-refractivity contribution in [3.05, 3.63) is 11.6 Å². The molecule has 0 bridgehead atoms. The molecule has 0 aliphatic heterocycles. The van der Waals surface area contributed by atoms with Crippen molar-refractivity contribution in [1.82, 2.24) is 0 Å². The van der Waals surface area contributed by atoms with Crippen molar-refractivity contribution in [3.63, 3.8) is 0 Å². The first kappa shape index (κ1) is 8.31. The van der Waals surface area contributed by atoms with Crippen molar-refractivity contribution in [2.24, 2.45) is 5.41 Å². The van der Waals surface area contributed by atoms with Crippen LogP contribution in [0.4, 0.5) is 0 Å². The van der Waals surface area contributed by atoms with E-state index in [1.807, 2.05) is 6.08 Å². The molecule has 0 atom stereocenters. The number of rotatable bonds is 1. The number of carbonyl (C=O) groups is 1. The summed E-state index contributed by atoms with van der Waals surface area (Å²) in [5, 5.41) is 8.70. The number of carboxylic acids is 1. The minimum absolute atomic E-state index is 0.0893. The highest BCUT2D eigenvalue weighted by atomic mass is 16.4. The van der Waals surface area contributed by atoms with Gasteiger partial charge >= 0.3 is 5.97 Å². The normalized spacial score (nSPS) is 22.5. The fourth-order valence-electron chi connectivity index (χ4n) is 1.52. The molecule has 0 fully saturated rings. The molecule has 0 saturated carbocycles. The third-order valence-corrected chi connectivity index (χ3v) is 2.11. The van der Waals surface area contributed by atoms with E-state index >= 15 is 0 Å². The van der Waals surface area contributed by atoms with Gasteiger partial charge in [-0.15, -0.1) is 0 Å². The average molecular weight is 154 g/mol. The highest BCUT2D eigenvalue weighted by Gasteiger charge is 2.22. The number of hydrogen-bond donors (Lipinski definition) is 1. The van der Waals surface area contributed by atoms with E-state index in [0.29, 0.717) is 5.57 Å². The van der Waals surface area contributed by atoms with Crippen LogP contribution in [-0.4, -0.2) is 11.1 Å². The predicted octanol–water partition coefficient (Wildman–Crippen LogP) is 2.21. The smallest absolute Gasteiger partial charge is 0.331 e. The molecule has 11 heavy (non-hydrogen) atoms. The summed E-state index contributed by atoms with van der Waals surface area (Å²) in [6, 6.07) is 0. The molecular weight excluding hydrogens is 140 g/mol. The molecule has 62 valence electrons. The van der Waals surface area contributed by atoms with Gasteiger partial charge in [-0.1, -0.05) is 19.9 Å². The van der Waals surface area contributed by atoms with Gasteiger partial charge in [0.1, 0.15) is 0 Å². The quantitative estimate of drug-likeness (QED) is 0.628. The fraction of sp³-hybridized carbons (Fsp3) is 0.667. The topological polar surface area (TPSA) is 37.3 Å². The van der Waals surface area contributed by atoms with Crippen LogP contribution in [0.15, 0.2) is 11.6 Å². The lowest BCUT2D eigenvalue weighted by atomic mass is 9.80. The standard InChI is InChI=1S/C9H14O2/c1-9(2)5-3-4-7(6-9)8(10)11/h6H,3-5H2,1-2H3,(H,10,11). The first-order valence-electron chi connectivity index (χ1n) is 3.96. The molecule has 1 aliphatic carbocycles. The molecule has 0 aromatic rings. The van der Waals surface area contributed by atoms with E-state index in [2.05, 4.69) is 13.8 Å². The average Bonchev–Trinajstić information content (AvgIpc) is 1.85. The Labute approximate surface area is 66.9 Å². The minimum atomic E-state index is -0.752. The summed E-state index contributed by atoms with van der Waals surface area (Å²) in [7, 11) is 0. The number of allylic oxidation sites excluding steroid dienone is 1. The van der Waals surface area contributed by atoms with Gasteiger partial charge < -0.3 is 5.11 Å². The Hall–Kier alpha value is -0.790. The molecule has 2 nitrogen and oxygen atoms in total. The van der Waals surface area contributed by atoms with Crippen LogP contribution in [-0.2, 0) is 4.79 Å². The van der Waals surface area contributed by atoms with Crippen LogP contribution in [0.3, 0.4) is 0 Å². The number of hydrogen-bond acceptors (Lipinski definition) is 1. The molecule has 2 heteroatoms. The van der Waals surface area contributed by atoms with E-state index < -0.39 is 5.97 Å². The highest BCUT2D eigenvalue weighted by molar-refractivity contribution is 5.86. The Morgan fingerprint density at radius 3 is 2.64 bits per heavy atom. The Bertz CT molecular complexity index is 202. The second kappa shape index (κ2) is 2.68. The third kappa shape index (κ3) is 2.07. The van der Waals surface area contributed by atoms with Gasteiger partial charge in [-0.25, -0.2) is 4.79 Å². The van der Waals surface area contributed by atoms with Crippen LogP contribution < -0.4 is 0 Å².